The van der Waals surface area contributed by atoms with Crippen LogP contribution in [0.5, 0.6) is 11.5 Å². The van der Waals surface area contributed by atoms with Crippen molar-refractivity contribution >= 4 is 23.4 Å². The van der Waals surface area contributed by atoms with Crippen LogP contribution in [0.3, 0.4) is 0 Å². The van der Waals surface area contributed by atoms with Crippen LogP contribution in [0.2, 0.25) is 5.02 Å². The lowest BCUT2D eigenvalue weighted by molar-refractivity contribution is -0.143. The Morgan fingerprint density at radius 3 is 2.43 bits per heavy atom. The molecule has 3 atom stereocenters. The number of ether oxygens (including phenoxy) is 3. The molecule has 3 unspecified atom stereocenters. The summed E-state index contributed by atoms with van der Waals surface area (Å²) in [4.78, 5) is 26.9. The Morgan fingerprint density at radius 1 is 1.03 bits per heavy atom. The minimum Gasteiger partial charge on any atom is -0.493 e. The zero-order valence-corrected chi connectivity index (χ0v) is 21.3. The van der Waals surface area contributed by atoms with Gasteiger partial charge in [-0.1, -0.05) is 35.9 Å². The summed E-state index contributed by atoms with van der Waals surface area (Å²) in [6.45, 7) is 5.46. The van der Waals surface area contributed by atoms with Crippen molar-refractivity contribution in [3.05, 3.63) is 81.7 Å². The first-order chi connectivity index (χ1) is 16.7. The first kappa shape index (κ1) is 24.9. The van der Waals surface area contributed by atoms with Crippen LogP contribution in [0.25, 0.3) is 0 Å². The van der Waals surface area contributed by atoms with E-state index in [-0.39, 0.29) is 17.8 Å². The predicted molar refractivity (Wildman–Crippen MR) is 135 cm³/mol. The molecule has 0 saturated carbocycles. The number of nitrogens with one attached hydrogen (secondary N) is 1. The van der Waals surface area contributed by atoms with Crippen molar-refractivity contribution in [2.45, 2.75) is 45.1 Å². The molecular formula is C28H30ClNO5. The highest BCUT2D eigenvalue weighted by molar-refractivity contribution is 6.30. The van der Waals surface area contributed by atoms with E-state index in [2.05, 4.69) is 11.4 Å². The van der Waals surface area contributed by atoms with E-state index in [4.69, 9.17) is 25.8 Å². The van der Waals surface area contributed by atoms with Crippen molar-refractivity contribution < 1.29 is 23.8 Å². The number of benzene rings is 2. The highest BCUT2D eigenvalue weighted by Crippen LogP contribution is 2.47. The molecule has 1 N–H and O–H groups in total. The number of allylic oxidation sites excluding steroid dienone is 3. The molecule has 0 saturated heterocycles. The van der Waals surface area contributed by atoms with E-state index in [9.17, 15) is 9.59 Å². The second kappa shape index (κ2) is 10.2. The van der Waals surface area contributed by atoms with Gasteiger partial charge in [0.15, 0.2) is 11.5 Å². The summed E-state index contributed by atoms with van der Waals surface area (Å²) in [6.07, 6.45) is 2.10. The maximum atomic E-state index is 13.7. The SMILES string of the molecule is COc1ccc(C2C=C3NC(C)=C(C(=O)OC(C)C)C(c4cccc(Cl)c4)C3C(=O)C2)cc1OC. The molecule has 1 aliphatic heterocycles. The highest BCUT2D eigenvalue weighted by Gasteiger charge is 2.45. The molecule has 2 aromatic carbocycles. The van der Waals surface area contributed by atoms with E-state index in [1.54, 1.807) is 20.3 Å². The van der Waals surface area contributed by atoms with E-state index in [0.717, 1.165) is 16.8 Å². The number of carbonyl (C=O) groups excluding carboxylic acids is 2. The number of carbonyl (C=O) groups is 2. The van der Waals surface area contributed by atoms with Gasteiger partial charge in [0.2, 0.25) is 0 Å². The molecule has 7 heteroatoms. The number of Topliss-reactive ketones (excluding diaryl/α,β-unsaturated/α-hetero) is 1. The van der Waals surface area contributed by atoms with E-state index in [1.807, 2.05) is 57.2 Å². The Bertz CT molecular complexity index is 1220. The molecule has 6 nitrogen and oxygen atoms in total. The van der Waals surface area contributed by atoms with Gasteiger partial charge in [-0.3, -0.25) is 4.79 Å². The fraction of sp³-hybridized carbons (Fsp3) is 0.357. The Morgan fingerprint density at radius 2 is 1.77 bits per heavy atom. The van der Waals surface area contributed by atoms with Gasteiger partial charge in [0.25, 0.3) is 0 Å². The molecule has 4 rings (SSSR count). The molecular weight excluding hydrogens is 466 g/mol. The smallest absolute Gasteiger partial charge is 0.336 e. The molecule has 2 aromatic rings. The molecule has 0 spiro atoms. The Balaban J connectivity index is 1.81. The van der Waals surface area contributed by atoms with Crippen molar-refractivity contribution in [1.29, 1.82) is 0 Å². The second-order valence-corrected chi connectivity index (χ2v) is 9.58. The van der Waals surface area contributed by atoms with Crippen LogP contribution >= 0.6 is 11.6 Å². The molecule has 0 aromatic heterocycles. The summed E-state index contributed by atoms with van der Waals surface area (Å²) in [7, 11) is 3.18. The minimum atomic E-state index is -0.539. The number of methoxy groups -OCH3 is 2. The normalized spacial score (nSPS) is 21.7. The Labute approximate surface area is 210 Å². The van der Waals surface area contributed by atoms with Gasteiger partial charge in [-0.2, -0.15) is 0 Å². The van der Waals surface area contributed by atoms with Crippen LogP contribution in [0.15, 0.2) is 65.5 Å². The monoisotopic (exact) mass is 495 g/mol. The molecule has 0 fully saturated rings. The van der Waals surface area contributed by atoms with E-state index in [0.29, 0.717) is 34.2 Å². The first-order valence-corrected chi connectivity index (χ1v) is 12.0. The number of fused-ring (bicyclic) bond motifs is 1. The van der Waals surface area contributed by atoms with Crippen LogP contribution in [-0.2, 0) is 14.3 Å². The topological polar surface area (TPSA) is 73.9 Å². The second-order valence-electron chi connectivity index (χ2n) is 9.14. The van der Waals surface area contributed by atoms with Gasteiger partial charge in [-0.15, -0.1) is 0 Å². The van der Waals surface area contributed by atoms with Gasteiger partial charge >= 0.3 is 5.97 Å². The van der Waals surface area contributed by atoms with Crippen LogP contribution in [-0.4, -0.2) is 32.1 Å². The number of ketones is 1. The number of esters is 1. The number of halogens is 1. The summed E-state index contributed by atoms with van der Waals surface area (Å²) in [6, 6.07) is 13.0. The quantitative estimate of drug-likeness (QED) is 0.531. The lowest BCUT2D eigenvalue weighted by Crippen LogP contribution is -2.42. The summed E-state index contributed by atoms with van der Waals surface area (Å²) in [5, 5.41) is 3.90. The summed E-state index contributed by atoms with van der Waals surface area (Å²) < 4.78 is 16.4. The van der Waals surface area contributed by atoms with Gasteiger partial charge in [0.05, 0.1) is 31.8 Å². The van der Waals surface area contributed by atoms with Crippen LogP contribution in [0, 0.1) is 5.92 Å². The van der Waals surface area contributed by atoms with Gasteiger partial charge in [-0.25, -0.2) is 4.79 Å². The highest BCUT2D eigenvalue weighted by atomic mass is 35.5. The van der Waals surface area contributed by atoms with Gasteiger partial charge < -0.3 is 19.5 Å². The zero-order valence-electron chi connectivity index (χ0n) is 20.6. The molecule has 0 bridgehead atoms. The molecule has 1 heterocycles. The number of rotatable bonds is 6. The maximum Gasteiger partial charge on any atom is 0.336 e. The molecule has 0 amide bonds. The van der Waals surface area contributed by atoms with Gasteiger partial charge in [0, 0.05) is 34.7 Å². The lowest BCUT2D eigenvalue weighted by atomic mass is 9.68. The Hall–Kier alpha value is -3.25. The van der Waals surface area contributed by atoms with Gasteiger partial charge in [0.1, 0.15) is 5.78 Å². The number of hydrogen-bond donors (Lipinski definition) is 1. The fourth-order valence-corrected chi connectivity index (χ4v) is 5.18. The maximum absolute atomic E-state index is 13.7. The van der Waals surface area contributed by atoms with Crippen LogP contribution in [0.1, 0.15) is 50.2 Å². The van der Waals surface area contributed by atoms with E-state index < -0.39 is 17.8 Å². The lowest BCUT2D eigenvalue weighted by Gasteiger charge is -2.39. The molecule has 35 heavy (non-hydrogen) atoms. The Kier molecular flexibility index (Phi) is 7.22. The third-order valence-corrected chi connectivity index (χ3v) is 6.71. The van der Waals surface area contributed by atoms with Crippen molar-refractivity contribution in [2.75, 3.05) is 14.2 Å². The summed E-state index contributed by atoms with van der Waals surface area (Å²) in [5.74, 6) is -0.312. The summed E-state index contributed by atoms with van der Waals surface area (Å²) in [5.41, 5.74) is 3.67. The molecule has 0 radical (unpaired) electrons. The van der Waals surface area contributed by atoms with Crippen LogP contribution in [0.4, 0.5) is 0 Å². The third-order valence-electron chi connectivity index (χ3n) is 6.47. The average molecular weight is 496 g/mol. The van der Waals surface area contributed by atoms with Gasteiger partial charge in [-0.05, 0) is 56.2 Å². The standard InChI is InChI=1S/C28H30ClNO5/c1-15(2)35-28(32)25-16(3)30-21-12-19(17-9-10-23(33-4)24(14-17)34-5)13-22(31)27(21)26(25)18-7-6-8-20(29)11-18/h6-12,14-15,19,26-27,30H,13H2,1-5H3. The van der Waals surface area contributed by atoms with E-state index >= 15 is 0 Å². The molecule has 184 valence electrons. The van der Waals surface area contributed by atoms with Crippen molar-refractivity contribution in [2.24, 2.45) is 5.92 Å². The summed E-state index contributed by atoms with van der Waals surface area (Å²) >= 11 is 6.31. The van der Waals surface area contributed by atoms with E-state index in [1.165, 1.54) is 0 Å². The molecule has 1 aliphatic carbocycles. The van der Waals surface area contributed by atoms with Crippen LogP contribution < -0.4 is 14.8 Å². The molecule has 2 aliphatic rings. The fourth-order valence-electron chi connectivity index (χ4n) is 4.98. The van der Waals surface area contributed by atoms with Crippen molar-refractivity contribution in [3.8, 4) is 11.5 Å². The average Bonchev–Trinajstić information content (AvgIpc) is 2.82. The third kappa shape index (κ3) is 4.94. The number of hydrogen-bond acceptors (Lipinski definition) is 6. The predicted octanol–water partition coefficient (Wildman–Crippen LogP) is 5.53. The first-order valence-electron chi connectivity index (χ1n) is 11.6. The van der Waals surface area contributed by atoms with Crippen molar-refractivity contribution in [3.63, 3.8) is 0 Å². The largest absolute Gasteiger partial charge is 0.493 e. The minimum absolute atomic E-state index is 0.0436. The van der Waals surface area contributed by atoms with Crippen molar-refractivity contribution in [1.82, 2.24) is 5.32 Å². The zero-order chi connectivity index (χ0) is 25.3.